The number of Topliss-reactive ketones (excluding diaryl/α,β-unsaturated/α-hetero) is 1. The molecule has 3 aromatic rings. The zero-order valence-corrected chi connectivity index (χ0v) is 13.0. The number of carbonyl (C=O) groups is 1. The SMILES string of the molecule is CC1(O)CC(=O)c2c(cc(O)c3c(O)c4c(O)cccc4cc23)C1. The molecule has 0 amide bonds. The lowest BCUT2D eigenvalue weighted by Gasteiger charge is -2.30. The van der Waals surface area contributed by atoms with Crippen molar-refractivity contribution in [3.8, 4) is 17.2 Å². The first-order valence-corrected chi connectivity index (χ1v) is 7.66. The fourth-order valence-corrected chi connectivity index (χ4v) is 3.73. The summed E-state index contributed by atoms with van der Waals surface area (Å²) >= 11 is 0. The van der Waals surface area contributed by atoms with E-state index in [2.05, 4.69) is 0 Å². The minimum atomic E-state index is -1.15. The molecule has 4 N–H and O–H groups in total. The molecule has 0 aliphatic heterocycles. The first-order chi connectivity index (χ1) is 11.3. The van der Waals surface area contributed by atoms with E-state index < -0.39 is 5.60 Å². The molecule has 1 unspecified atom stereocenters. The van der Waals surface area contributed by atoms with Gasteiger partial charge in [-0.1, -0.05) is 12.1 Å². The summed E-state index contributed by atoms with van der Waals surface area (Å²) in [5.74, 6) is -0.772. The van der Waals surface area contributed by atoms with Crippen LogP contribution in [0.2, 0.25) is 0 Å². The predicted molar refractivity (Wildman–Crippen MR) is 89.7 cm³/mol. The number of ketones is 1. The maximum atomic E-state index is 12.6. The third-order valence-corrected chi connectivity index (χ3v) is 4.67. The molecule has 4 rings (SSSR count). The molecule has 0 saturated carbocycles. The van der Waals surface area contributed by atoms with Gasteiger partial charge in [0, 0.05) is 23.8 Å². The van der Waals surface area contributed by atoms with Crippen molar-refractivity contribution in [2.75, 3.05) is 0 Å². The van der Waals surface area contributed by atoms with Crippen LogP contribution in [0.4, 0.5) is 0 Å². The zero-order chi connectivity index (χ0) is 17.2. The molecule has 122 valence electrons. The topological polar surface area (TPSA) is 98.0 Å². The third kappa shape index (κ3) is 1.95. The fourth-order valence-electron chi connectivity index (χ4n) is 3.73. The summed E-state index contributed by atoms with van der Waals surface area (Å²) in [4.78, 5) is 12.6. The van der Waals surface area contributed by atoms with E-state index in [-0.39, 0.29) is 46.6 Å². The Morgan fingerprint density at radius 3 is 2.50 bits per heavy atom. The van der Waals surface area contributed by atoms with Crippen LogP contribution in [0, 0.1) is 0 Å². The molecule has 5 heteroatoms. The highest BCUT2D eigenvalue weighted by molar-refractivity contribution is 6.18. The number of phenolic OH excluding ortho intramolecular Hbond substituents is 3. The Balaban J connectivity index is 2.19. The van der Waals surface area contributed by atoms with Crippen molar-refractivity contribution in [2.45, 2.75) is 25.4 Å². The normalized spacial score (nSPS) is 20.5. The fraction of sp³-hybridized carbons (Fsp3) is 0.211. The van der Waals surface area contributed by atoms with E-state index in [4.69, 9.17) is 0 Å². The predicted octanol–water partition coefficient (Wildman–Crippen LogP) is 2.99. The molecule has 5 nitrogen and oxygen atoms in total. The van der Waals surface area contributed by atoms with Gasteiger partial charge in [0.2, 0.25) is 0 Å². The summed E-state index contributed by atoms with van der Waals surface area (Å²) < 4.78 is 0. The van der Waals surface area contributed by atoms with Crippen LogP contribution in [0.25, 0.3) is 21.5 Å². The van der Waals surface area contributed by atoms with E-state index in [1.54, 1.807) is 25.1 Å². The van der Waals surface area contributed by atoms with Gasteiger partial charge >= 0.3 is 0 Å². The number of fused-ring (bicyclic) bond motifs is 4. The lowest BCUT2D eigenvalue weighted by atomic mass is 9.78. The van der Waals surface area contributed by atoms with Crippen molar-refractivity contribution < 1.29 is 25.2 Å². The van der Waals surface area contributed by atoms with Crippen LogP contribution in [0.1, 0.15) is 29.3 Å². The summed E-state index contributed by atoms with van der Waals surface area (Å²) in [6.07, 6.45) is 0.231. The minimum Gasteiger partial charge on any atom is -0.507 e. The van der Waals surface area contributed by atoms with Crippen molar-refractivity contribution in [3.63, 3.8) is 0 Å². The molecule has 0 bridgehead atoms. The van der Waals surface area contributed by atoms with Gasteiger partial charge in [-0.15, -0.1) is 0 Å². The maximum Gasteiger partial charge on any atom is 0.166 e. The van der Waals surface area contributed by atoms with Crippen molar-refractivity contribution in [3.05, 3.63) is 41.5 Å². The number of aromatic hydroxyl groups is 3. The number of rotatable bonds is 0. The number of hydrogen-bond donors (Lipinski definition) is 4. The first-order valence-electron chi connectivity index (χ1n) is 7.66. The Bertz CT molecular complexity index is 1030. The number of hydrogen-bond acceptors (Lipinski definition) is 5. The molecule has 0 saturated heterocycles. The minimum absolute atomic E-state index is 0.0152. The first kappa shape index (κ1) is 14.8. The molecule has 1 aliphatic carbocycles. The third-order valence-electron chi connectivity index (χ3n) is 4.67. The Morgan fingerprint density at radius 2 is 1.75 bits per heavy atom. The summed E-state index contributed by atoms with van der Waals surface area (Å²) in [5, 5.41) is 42.6. The van der Waals surface area contributed by atoms with Gasteiger partial charge in [0.25, 0.3) is 0 Å². The smallest absolute Gasteiger partial charge is 0.166 e. The molecule has 1 aliphatic rings. The second-order valence-corrected chi connectivity index (χ2v) is 6.73. The molecule has 0 spiro atoms. The summed E-state index contributed by atoms with van der Waals surface area (Å²) in [6, 6.07) is 7.90. The van der Waals surface area contributed by atoms with Gasteiger partial charge in [0.1, 0.15) is 17.2 Å². The van der Waals surface area contributed by atoms with E-state index in [0.717, 1.165) is 0 Å². The van der Waals surface area contributed by atoms with Crippen molar-refractivity contribution in [1.82, 2.24) is 0 Å². The average molecular weight is 324 g/mol. The standard InChI is InChI=1S/C19H16O5/c1-19(24)7-10-6-13(21)17-11(15(10)14(22)8-19)5-9-3-2-4-12(20)16(9)18(17)23/h2-6,20-21,23-24H,7-8H2,1H3. The van der Waals surface area contributed by atoms with Crippen LogP contribution in [0.15, 0.2) is 30.3 Å². The summed E-state index contributed by atoms with van der Waals surface area (Å²) in [6.45, 7) is 1.59. The van der Waals surface area contributed by atoms with Crippen LogP contribution in [0.3, 0.4) is 0 Å². The van der Waals surface area contributed by atoms with E-state index in [0.29, 0.717) is 21.9 Å². The van der Waals surface area contributed by atoms with Crippen LogP contribution in [0.5, 0.6) is 17.2 Å². The quantitative estimate of drug-likeness (QED) is 0.477. The lowest BCUT2D eigenvalue weighted by molar-refractivity contribution is 0.0413. The second-order valence-electron chi connectivity index (χ2n) is 6.73. The summed E-state index contributed by atoms with van der Waals surface area (Å²) in [5.41, 5.74) is -0.184. The highest BCUT2D eigenvalue weighted by atomic mass is 16.3. The van der Waals surface area contributed by atoms with Crippen LogP contribution >= 0.6 is 0 Å². The monoisotopic (exact) mass is 324 g/mol. The molecule has 0 fully saturated rings. The van der Waals surface area contributed by atoms with Gasteiger partial charge in [0.05, 0.1) is 16.4 Å². The lowest BCUT2D eigenvalue weighted by Crippen LogP contribution is -2.35. The largest absolute Gasteiger partial charge is 0.507 e. The number of benzene rings is 3. The van der Waals surface area contributed by atoms with Crippen molar-refractivity contribution >= 4 is 27.3 Å². The summed E-state index contributed by atoms with van der Waals surface area (Å²) in [7, 11) is 0. The highest BCUT2D eigenvalue weighted by Crippen LogP contribution is 2.46. The highest BCUT2D eigenvalue weighted by Gasteiger charge is 2.35. The van der Waals surface area contributed by atoms with Crippen LogP contribution < -0.4 is 0 Å². The van der Waals surface area contributed by atoms with Crippen molar-refractivity contribution in [2.24, 2.45) is 0 Å². The van der Waals surface area contributed by atoms with Gasteiger partial charge in [-0.25, -0.2) is 0 Å². The van der Waals surface area contributed by atoms with Gasteiger partial charge in [-0.3, -0.25) is 4.79 Å². The Hall–Kier alpha value is -2.79. The number of phenols is 3. The zero-order valence-electron chi connectivity index (χ0n) is 13.0. The molecular weight excluding hydrogens is 308 g/mol. The van der Waals surface area contributed by atoms with Gasteiger partial charge < -0.3 is 20.4 Å². The molecular formula is C19H16O5. The Labute approximate surface area is 137 Å². The van der Waals surface area contributed by atoms with Crippen LogP contribution in [-0.2, 0) is 6.42 Å². The molecule has 0 heterocycles. The van der Waals surface area contributed by atoms with Crippen LogP contribution in [-0.4, -0.2) is 31.8 Å². The second kappa shape index (κ2) is 4.61. The Kier molecular flexibility index (Phi) is 2.84. The molecule has 24 heavy (non-hydrogen) atoms. The Morgan fingerprint density at radius 1 is 1.00 bits per heavy atom. The molecule has 1 atom stereocenters. The van der Waals surface area contributed by atoms with E-state index in [1.807, 2.05) is 0 Å². The van der Waals surface area contributed by atoms with Gasteiger partial charge in [-0.05, 0) is 36.1 Å². The molecule has 0 aromatic heterocycles. The number of aliphatic hydroxyl groups is 1. The van der Waals surface area contributed by atoms with E-state index in [9.17, 15) is 25.2 Å². The maximum absolute atomic E-state index is 12.6. The van der Waals surface area contributed by atoms with Crippen molar-refractivity contribution in [1.29, 1.82) is 0 Å². The van der Waals surface area contributed by atoms with Gasteiger partial charge in [0.15, 0.2) is 5.78 Å². The van der Waals surface area contributed by atoms with Gasteiger partial charge in [-0.2, -0.15) is 0 Å². The molecule has 3 aromatic carbocycles. The molecule has 0 radical (unpaired) electrons. The van der Waals surface area contributed by atoms with E-state index >= 15 is 0 Å². The van der Waals surface area contributed by atoms with E-state index in [1.165, 1.54) is 12.1 Å². The average Bonchev–Trinajstić information content (AvgIpc) is 2.44. The number of carbonyl (C=O) groups excluding carboxylic acids is 1.